The average Bonchev–Trinajstić information content (AvgIpc) is 2.30. The molecule has 0 bridgehead atoms. The van der Waals surface area contributed by atoms with Gasteiger partial charge in [0.2, 0.25) is 0 Å². The molecule has 0 fully saturated rings. The van der Waals surface area contributed by atoms with Gasteiger partial charge in [0.15, 0.2) is 0 Å². The van der Waals surface area contributed by atoms with Gasteiger partial charge in [-0.2, -0.15) is 0 Å². The maximum Gasteiger partial charge on any atom is 0.323 e. The number of rotatable bonds is 0. The van der Waals surface area contributed by atoms with Gasteiger partial charge >= 0.3 is 5.69 Å². The number of hydrogen-bond acceptors (Lipinski definition) is 1. The largest absolute Gasteiger partial charge is 0.323 e. The fourth-order valence-electron chi connectivity index (χ4n) is 1.01. The van der Waals surface area contributed by atoms with Crippen molar-refractivity contribution < 1.29 is 0 Å². The summed E-state index contributed by atoms with van der Waals surface area (Å²) >= 11 is 0. The number of nitrogens with one attached hydrogen (secondary N) is 2. The third-order valence-corrected chi connectivity index (χ3v) is 1.54. The van der Waals surface area contributed by atoms with E-state index in [0.29, 0.717) is 0 Å². The van der Waals surface area contributed by atoms with Crippen LogP contribution < -0.4 is 16.4 Å². The average molecular weight is 152 g/mol. The van der Waals surface area contributed by atoms with Gasteiger partial charge in [-0.05, 0) is 20.8 Å². The van der Waals surface area contributed by atoms with E-state index in [0.717, 1.165) is 16.3 Å². The first-order chi connectivity index (χ1) is 5.15. The summed E-state index contributed by atoms with van der Waals surface area (Å²) in [6, 6.07) is 0. The van der Waals surface area contributed by atoms with Gasteiger partial charge in [-0.1, -0.05) is 11.6 Å². The molecule has 0 aromatic carbocycles. The molecule has 1 rings (SSSR count). The second-order valence-corrected chi connectivity index (χ2v) is 2.66. The second-order valence-electron chi connectivity index (χ2n) is 2.66. The van der Waals surface area contributed by atoms with Crippen LogP contribution >= 0.6 is 0 Å². The number of hydrogen-bond donors (Lipinski definition) is 2. The van der Waals surface area contributed by atoms with E-state index in [1.165, 1.54) is 0 Å². The zero-order chi connectivity index (χ0) is 8.43. The summed E-state index contributed by atoms with van der Waals surface area (Å²) in [7, 11) is 0. The standard InChI is InChI=1S/C8H12N2O/c1-4-6-7(5(2)3)10-8(11)9-6/h4H,1-3H3,(H2,9,10,11)/b6-4+. The van der Waals surface area contributed by atoms with Crippen molar-refractivity contribution in [2.75, 3.05) is 0 Å². The lowest BCUT2D eigenvalue weighted by Crippen LogP contribution is -2.25. The van der Waals surface area contributed by atoms with Crippen molar-refractivity contribution in [1.82, 2.24) is 9.97 Å². The quantitative estimate of drug-likeness (QED) is 0.526. The molecule has 0 radical (unpaired) electrons. The maximum atomic E-state index is 10.8. The van der Waals surface area contributed by atoms with E-state index in [9.17, 15) is 4.79 Å². The van der Waals surface area contributed by atoms with Crippen LogP contribution in [-0.4, -0.2) is 9.97 Å². The van der Waals surface area contributed by atoms with Crippen molar-refractivity contribution >= 4 is 11.6 Å². The van der Waals surface area contributed by atoms with Crippen LogP contribution in [0, 0.1) is 0 Å². The Balaban J connectivity index is 3.77. The first kappa shape index (κ1) is 7.85. The minimum absolute atomic E-state index is 0.144. The lowest BCUT2D eigenvalue weighted by molar-refractivity contribution is 1.16. The van der Waals surface area contributed by atoms with Crippen LogP contribution in [-0.2, 0) is 0 Å². The molecule has 0 aliphatic carbocycles. The SMILES string of the molecule is C/C=c1/[nH]c(=O)[nH]c1=C(C)C. The van der Waals surface area contributed by atoms with Crippen LogP contribution in [0.25, 0.3) is 11.6 Å². The molecule has 1 aromatic rings. The van der Waals surface area contributed by atoms with Crippen LogP contribution in [0.2, 0.25) is 0 Å². The Morgan fingerprint density at radius 2 is 2.00 bits per heavy atom. The summed E-state index contributed by atoms with van der Waals surface area (Å²) in [6.07, 6.45) is 1.88. The monoisotopic (exact) mass is 152 g/mol. The molecular weight excluding hydrogens is 140 g/mol. The van der Waals surface area contributed by atoms with Crippen LogP contribution in [0.1, 0.15) is 20.8 Å². The lowest BCUT2D eigenvalue weighted by Gasteiger charge is -1.82. The van der Waals surface area contributed by atoms with Crippen molar-refractivity contribution in [2.24, 2.45) is 0 Å². The molecule has 1 heterocycles. The molecule has 0 unspecified atom stereocenters. The van der Waals surface area contributed by atoms with Crippen LogP contribution in [0.4, 0.5) is 0 Å². The van der Waals surface area contributed by atoms with E-state index in [-0.39, 0.29) is 5.69 Å². The van der Waals surface area contributed by atoms with Gasteiger partial charge in [0, 0.05) is 0 Å². The fourth-order valence-corrected chi connectivity index (χ4v) is 1.01. The number of H-pyrrole nitrogens is 2. The van der Waals surface area contributed by atoms with Gasteiger partial charge < -0.3 is 9.97 Å². The Morgan fingerprint density at radius 3 is 2.36 bits per heavy atom. The molecule has 3 nitrogen and oxygen atoms in total. The van der Waals surface area contributed by atoms with Crippen molar-refractivity contribution in [3.05, 3.63) is 21.2 Å². The summed E-state index contributed by atoms with van der Waals surface area (Å²) in [5.41, 5.74) is 0.964. The molecule has 0 aliphatic rings. The summed E-state index contributed by atoms with van der Waals surface area (Å²) in [4.78, 5) is 16.2. The van der Waals surface area contributed by atoms with Crippen LogP contribution in [0.5, 0.6) is 0 Å². The molecule has 60 valence electrons. The van der Waals surface area contributed by atoms with E-state index >= 15 is 0 Å². The minimum Gasteiger partial charge on any atom is -0.306 e. The summed E-state index contributed by atoms with van der Waals surface area (Å²) in [5.74, 6) is 0. The molecule has 3 heteroatoms. The van der Waals surface area contributed by atoms with Gasteiger partial charge in [-0.15, -0.1) is 0 Å². The van der Waals surface area contributed by atoms with E-state index in [1.54, 1.807) is 0 Å². The molecule has 2 N–H and O–H groups in total. The predicted molar refractivity (Wildman–Crippen MR) is 45.6 cm³/mol. The summed E-state index contributed by atoms with van der Waals surface area (Å²) in [6.45, 7) is 5.82. The Morgan fingerprint density at radius 1 is 1.36 bits per heavy atom. The predicted octanol–water partition coefficient (Wildman–Crippen LogP) is -0.306. The van der Waals surface area contributed by atoms with Gasteiger partial charge in [0.05, 0.1) is 10.7 Å². The van der Waals surface area contributed by atoms with Crippen molar-refractivity contribution in [3.8, 4) is 0 Å². The molecule has 0 saturated heterocycles. The molecule has 0 saturated carbocycles. The molecule has 0 atom stereocenters. The minimum atomic E-state index is -0.144. The molecule has 0 amide bonds. The van der Waals surface area contributed by atoms with E-state index in [2.05, 4.69) is 9.97 Å². The van der Waals surface area contributed by atoms with E-state index in [1.807, 2.05) is 26.8 Å². The van der Waals surface area contributed by atoms with Gasteiger partial charge in [-0.25, -0.2) is 4.79 Å². The Kier molecular flexibility index (Phi) is 1.98. The van der Waals surface area contributed by atoms with Crippen molar-refractivity contribution in [3.63, 3.8) is 0 Å². The topological polar surface area (TPSA) is 48.6 Å². The highest BCUT2D eigenvalue weighted by molar-refractivity contribution is 5.36. The van der Waals surface area contributed by atoms with E-state index < -0.39 is 0 Å². The van der Waals surface area contributed by atoms with Gasteiger partial charge in [0.1, 0.15) is 0 Å². The Labute approximate surface area is 64.5 Å². The highest BCUT2D eigenvalue weighted by Gasteiger charge is 1.90. The van der Waals surface area contributed by atoms with Gasteiger partial charge in [-0.3, -0.25) is 0 Å². The number of aromatic amines is 2. The Hall–Kier alpha value is -1.25. The lowest BCUT2D eigenvalue weighted by atomic mass is 10.3. The third kappa shape index (κ3) is 1.42. The molecule has 11 heavy (non-hydrogen) atoms. The van der Waals surface area contributed by atoms with Crippen molar-refractivity contribution in [2.45, 2.75) is 20.8 Å². The molecule has 0 spiro atoms. The molecular formula is C8H12N2O. The van der Waals surface area contributed by atoms with Crippen LogP contribution in [0.3, 0.4) is 0 Å². The molecule has 1 aromatic heterocycles. The highest BCUT2D eigenvalue weighted by atomic mass is 16.1. The molecule has 0 aliphatic heterocycles. The zero-order valence-electron chi connectivity index (χ0n) is 6.99. The Bertz CT molecular complexity index is 404. The van der Waals surface area contributed by atoms with Crippen molar-refractivity contribution in [1.29, 1.82) is 0 Å². The summed E-state index contributed by atoms with van der Waals surface area (Å²) in [5, 5.41) is 1.77. The first-order valence-electron chi connectivity index (χ1n) is 3.57. The normalized spacial score (nSPS) is 12.1. The summed E-state index contributed by atoms with van der Waals surface area (Å²) < 4.78 is 0. The first-order valence-corrected chi connectivity index (χ1v) is 3.57. The second kappa shape index (κ2) is 2.78. The third-order valence-electron chi connectivity index (χ3n) is 1.54. The fraction of sp³-hybridized carbons (Fsp3) is 0.375. The smallest absolute Gasteiger partial charge is 0.306 e. The maximum absolute atomic E-state index is 10.8. The van der Waals surface area contributed by atoms with Crippen LogP contribution in [0.15, 0.2) is 4.79 Å². The number of aromatic nitrogens is 2. The number of imidazole rings is 1. The zero-order valence-corrected chi connectivity index (χ0v) is 6.99. The van der Waals surface area contributed by atoms with Gasteiger partial charge in [0.25, 0.3) is 0 Å². The highest BCUT2D eigenvalue weighted by Crippen LogP contribution is 1.78. The van der Waals surface area contributed by atoms with E-state index in [4.69, 9.17) is 0 Å².